The Kier molecular flexibility index (Phi) is 4.13. The molecule has 124 valence electrons. The van der Waals surface area contributed by atoms with Crippen molar-refractivity contribution in [2.24, 2.45) is 0 Å². The zero-order valence-corrected chi connectivity index (χ0v) is 13.7. The van der Waals surface area contributed by atoms with Gasteiger partial charge in [0.2, 0.25) is 11.7 Å². The Hall–Kier alpha value is -2.47. The maximum Gasteiger partial charge on any atom is 0.244 e. The number of aromatic nitrogens is 4. The van der Waals surface area contributed by atoms with Crippen molar-refractivity contribution in [2.75, 3.05) is 13.1 Å². The quantitative estimate of drug-likeness (QED) is 0.737. The summed E-state index contributed by atoms with van der Waals surface area (Å²) in [6.45, 7) is 4.21. The molecule has 0 spiro atoms. The molecule has 4 rings (SSSR count). The minimum absolute atomic E-state index is 0.133. The number of nitrogens with zero attached hydrogens (tertiary/aromatic N) is 5. The SMILES string of the molecule is C[C@H](c1nc(-c2cccnc2)no1)N1CCC(n2cccc2)CC1. The summed E-state index contributed by atoms with van der Waals surface area (Å²) in [6.07, 6.45) is 10.1. The van der Waals surface area contributed by atoms with E-state index in [4.69, 9.17) is 4.52 Å². The van der Waals surface area contributed by atoms with Crippen LogP contribution in [0.5, 0.6) is 0 Å². The third-order valence-electron chi connectivity index (χ3n) is 4.81. The van der Waals surface area contributed by atoms with E-state index in [1.165, 1.54) is 0 Å². The molecular formula is C18H21N5O. The molecule has 0 bridgehead atoms. The minimum Gasteiger partial charge on any atom is -0.351 e. The molecule has 0 unspecified atom stereocenters. The Labute approximate surface area is 141 Å². The molecule has 0 aliphatic carbocycles. The molecular weight excluding hydrogens is 302 g/mol. The Balaban J connectivity index is 1.42. The molecule has 6 nitrogen and oxygen atoms in total. The maximum absolute atomic E-state index is 5.50. The first-order valence-electron chi connectivity index (χ1n) is 8.42. The normalized spacial score (nSPS) is 17.9. The molecule has 6 heteroatoms. The predicted molar refractivity (Wildman–Crippen MR) is 90.2 cm³/mol. The molecule has 1 fully saturated rings. The zero-order valence-electron chi connectivity index (χ0n) is 13.7. The van der Waals surface area contributed by atoms with Gasteiger partial charge < -0.3 is 9.09 Å². The van der Waals surface area contributed by atoms with Crippen LogP contribution in [0.2, 0.25) is 0 Å². The van der Waals surface area contributed by atoms with E-state index in [0.717, 1.165) is 31.5 Å². The highest BCUT2D eigenvalue weighted by Crippen LogP contribution is 2.29. The van der Waals surface area contributed by atoms with Gasteiger partial charge in [0.15, 0.2) is 0 Å². The Bertz CT molecular complexity index is 760. The standard InChI is InChI=1S/C18H21N5O/c1-14(18-20-17(21-24-18)15-5-4-8-19-13-15)22-11-6-16(7-12-22)23-9-2-3-10-23/h2-5,8-10,13-14,16H,6-7,11-12H2,1H3/t14-/m1/s1. The van der Waals surface area contributed by atoms with Crippen molar-refractivity contribution in [3.8, 4) is 11.4 Å². The van der Waals surface area contributed by atoms with E-state index in [2.05, 4.69) is 56.0 Å². The summed E-state index contributed by atoms with van der Waals surface area (Å²) < 4.78 is 7.81. The van der Waals surface area contributed by atoms with Gasteiger partial charge in [-0.25, -0.2) is 0 Å². The molecule has 1 atom stereocenters. The second-order valence-electron chi connectivity index (χ2n) is 6.27. The topological polar surface area (TPSA) is 60.0 Å². The average Bonchev–Trinajstić information content (AvgIpc) is 3.34. The first-order valence-corrected chi connectivity index (χ1v) is 8.42. The second-order valence-corrected chi connectivity index (χ2v) is 6.27. The van der Waals surface area contributed by atoms with Crippen LogP contribution in [0.15, 0.2) is 53.6 Å². The van der Waals surface area contributed by atoms with E-state index in [9.17, 15) is 0 Å². The van der Waals surface area contributed by atoms with Crippen LogP contribution in [0.1, 0.15) is 37.7 Å². The summed E-state index contributed by atoms with van der Waals surface area (Å²) in [7, 11) is 0. The lowest BCUT2D eigenvalue weighted by Gasteiger charge is -2.35. The van der Waals surface area contributed by atoms with Crippen LogP contribution in [0, 0.1) is 0 Å². The van der Waals surface area contributed by atoms with Gasteiger partial charge in [-0.2, -0.15) is 4.98 Å². The van der Waals surface area contributed by atoms with Crippen molar-refractivity contribution >= 4 is 0 Å². The summed E-state index contributed by atoms with van der Waals surface area (Å²) in [5.74, 6) is 1.28. The molecule has 0 N–H and O–H groups in total. The van der Waals surface area contributed by atoms with Crippen LogP contribution in [0.3, 0.4) is 0 Å². The van der Waals surface area contributed by atoms with E-state index in [-0.39, 0.29) is 6.04 Å². The number of rotatable bonds is 4. The molecule has 3 aromatic heterocycles. The fourth-order valence-corrected chi connectivity index (χ4v) is 3.34. The Morgan fingerprint density at radius 3 is 2.67 bits per heavy atom. The van der Waals surface area contributed by atoms with Crippen molar-refractivity contribution in [1.29, 1.82) is 0 Å². The van der Waals surface area contributed by atoms with Gasteiger partial charge in [-0.15, -0.1) is 0 Å². The van der Waals surface area contributed by atoms with Crippen molar-refractivity contribution in [2.45, 2.75) is 31.8 Å². The summed E-state index contributed by atoms with van der Waals surface area (Å²) >= 11 is 0. The third-order valence-corrected chi connectivity index (χ3v) is 4.81. The summed E-state index contributed by atoms with van der Waals surface area (Å²) in [4.78, 5) is 11.1. The number of likely N-dealkylation sites (tertiary alicyclic amines) is 1. The minimum atomic E-state index is 0.133. The van der Waals surface area contributed by atoms with E-state index in [1.807, 2.05) is 12.1 Å². The monoisotopic (exact) mass is 323 g/mol. The molecule has 0 radical (unpaired) electrons. The molecule has 1 saturated heterocycles. The first-order chi connectivity index (χ1) is 11.8. The zero-order chi connectivity index (χ0) is 16.4. The molecule has 3 aromatic rings. The lowest BCUT2D eigenvalue weighted by atomic mass is 10.0. The number of piperidine rings is 1. The van der Waals surface area contributed by atoms with E-state index in [1.54, 1.807) is 12.4 Å². The Morgan fingerprint density at radius 1 is 1.17 bits per heavy atom. The third kappa shape index (κ3) is 2.97. The molecule has 1 aliphatic rings. The van der Waals surface area contributed by atoms with Gasteiger partial charge in [0.05, 0.1) is 6.04 Å². The van der Waals surface area contributed by atoms with E-state index >= 15 is 0 Å². The van der Waals surface area contributed by atoms with Gasteiger partial charge >= 0.3 is 0 Å². The first kappa shape index (κ1) is 15.1. The molecule has 0 amide bonds. The number of hydrogen-bond acceptors (Lipinski definition) is 5. The largest absolute Gasteiger partial charge is 0.351 e. The Morgan fingerprint density at radius 2 is 1.96 bits per heavy atom. The summed E-state index contributed by atoms with van der Waals surface area (Å²) in [5, 5.41) is 4.10. The van der Waals surface area contributed by atoms with Crippen molar-refractivity contribution in [1.82, 2.24) is 24.6 Å². The molecule has 1 aliphatic heterocycles. The smallest absolute Gasteiger partial charge is 0.244 e. The fourth-order valence-electron chi connectivity index (χ4n) is 3.34. The summed E-state index contributed by atoms with van der Waals surface area (Å²) in [6, 6.07) is 8.72. The van der Waals surface area contributed by atoms with Gasteiger partial charge in [-0.05, 0) is 44.0 Å². The number of pyridine rings is 1. The highest BCUT2D eigenvalue weighted by atomic mass is 16.5. The highest BCUT2D eigenvalue weighted by molar-refractivity contribution is 5.51. The average molecular weight is 323 g/mol. The van der Waals surface area contributed by atoms with E-state index < -0.39 is 0 Å². The highest BCUT2D eigenvalue weighted by Gasteiger charge is 2.27. The second kappa shape index (κ2) is 6.57. The number of hydrogen-bond donors (Lipinski definition) is 0. The van der Waals surface area contributed by atoms with Crippen LogP contribution >= 0.6 is 0 Å². The van der Waals surface area contributed by atoms with Crippen molar-refractivity contribution in [3.05, 3.63) is 54.9 Å². The molecule has 24 heavy (non-hydrogen) atoms. The van der Waals surface area contributed by atoms with Crippen LogP contribution in [-0.2, 0) is 0 Å². The van der Waals surface area contributed by atoms with Crippen LogP contribution in [0.25, 0.3) is 11.4 Å². The fraction of sp³-hybridized carbons (Fsp3) is 0.389. The molecule has 0 aromatic carbocycles. The molecule has 0 saturated carbocycles. The van der Waals surface area contributed by atoms with Gasteiger partial charge in [-0.1, -0.05) is 5.16 Å². The van der Waals surface area contributed by atoms with Gasteiger partial charge in [-0.3, -0.25) is 9.88 Å². The van der Waals surface area contributed by atoms with Crippen LogP contribution < -0.4 is 0 Å². The van der Waals surface area contributed by atoms with Gasteiger partial charge in [0.25, 0.3) is 0 Å². The lowest BCUT2D eigenvalue weighted by molar-refractivity contribution is 0.122. The maximum atomic E-state index is 5.50. The van der Waals surface area contributed by atoms with E-state index in [0.29, 0.717) is 17.8 Å². The van der Waals surface area contributed by atoms with Crippen LogP contribution in [0.4, 0.5) is 0 Å². The van der Waals surface area contributed by atoms with Crippen molar-refractivity contribution in [3.63, 3.8) is 0 Å². The molecule has 4 heterocycles. The van der Waals surface area contributed by atoms with Gasteiger partial charge in [0, 0.05) is 49.5 Å². The lowest BCUT2D eigenvalue weighted by Crippen LogP contribution is -2.36. The summed E-state index contributed by atoms with van der Waals surface area (Å²) in [5.41, 5.74) is 0.881. The predicted octanol–water partition coefficient (Wildman–Crippen LogP) is 3.33. The van der Waals surface area contributed by atoms with Crippen molar-refractivity contribution < 1.29 is 4.52 Å². The van der Waals surface area contributed by atoms with Gasteiger partial charge in [0.1, 0.15) is 0 Å². The van der Waals surface area contributed by atoms with Crippen LogP contribution in [-0.4, -0.2) is 37.7 Å².